The molecule has 1 N–H and O–H groups in total. The average Bonchev–Trinajstić information content (AvgIpc) is 2.62. The lowest BCUT2D eigenvalue weighted by Gasteiger charge is -2.31. The number of nitrogens with one attached hydrogen (secondary N) is 1. The van der Waals surface area contributed by atoms with E-state index in [2.05, 4.69) is 19.2 Å². The zero-order chi connectivity index (χ0) is 9.42. The van der Waals surface area contributed by atoms with Crippen LogP contribution < -0.4 is 5.32 Å². The van der Waals surface area contributed by atoms with Crippen molar-refractivity contribution in [2.24, 2.45) is 17.8 Å². The fraction of sp³-hybridized carbons (Fsp3) is 0.909. The number of carbonyl (C=O) groups is 1. The summed E-state index contributed by atoms with van der Waals surface area (Å²) in [7, 11) is 0. The van der Waals surface area contributed by atoms with Crippen LogP contribution in [0.5, 0.6) is 0 Å². The van der Waals surface area contributed by atoms with Gasteiger partial charge in [-0.1, -0.05) is 13.3 Å². The SMILES string of the molecule is C[C@H](NC(=O)[C@H]1C[C@@H]1C)C1CCC1. The molecule has 0 aliphatic heterocycles. The molecule has 0 saturated heterocycles. The Morgan fingerprint density at radius 1 is 1.46 bits per heavy atom. The standard InChI is InChI=1S/C11H19NO/c1-7-6-10(7)11(13)12-8(2)9-4-3-5-9/h7-10H,3-6H2,1-2H3,(H,12,13)/t7-,8-,10-/m0/s1. The zero-order valence-corrected chi connectivity index (χ0v) is 8.55. The van der Waals surface area contributed by atoms with Gasteiger partial charge in [-0.25, -0.2) is 0 Å². The molecule has 2 aliphatic rings. The number of rotatable bonds is 3. The fourth-order valence-electron chi connectivity index (χ4n) is 2.08. The third-order valence-corrected chi connectivity index (χ3v) is 3.67. The molecule has 0 spiro atoms. The van der Waals surface area contributed by atoms with Crippen molar-refractivity contribution in [3.63, 3.8) is 0 Å². The summed E-state index contributed by atoms with van der Waals surface area (Å²) in [6, 6.07) is 0.411. The van der Waals surface area contributed by atoms with Crippen LogP contribution in [0.2, 0.25) is 0 Å². The molecule has 2 fully saturated rings. The lowest BCUT2D eigenvalue weighted by molar-refractivity contribution is -0.123. The highest BCUT2D eigenvalue weighted by Gasteiger charge is 2.40. The highest BCUT2D eigenvalue weighted by Crippen LogP contribution is 2.38. The van der Waals surface area contributed by atoms with Crippen LogP contribution in [0.1, 0.15) is 39.5 Å². The number of carbonyl (C=O) groups excluding carboxylic acids is 1. The molecule has 2 nitrogen and oxygen atoms in total. The molecule has 2 rings (SSSR count). The highest BCUT2D eigenvalue weighted by molar-refractivity contribution is 5.81. The van der Waals surface area contributed by atoms with Gasteiger partial charge in [-0.3, -0.25) is 4.79 Å². The molecule has 13 heavy (non-hydrogen) atoms. The van der Waals surface area contributed by atoms with Crippen molar-refractivity contribution in [1.29, 1.82) is 0 Å². The third kappa shape index (κ3) is 1.87. The van der Waals surface area contributed by atoms with Crippen LogP contribution in [-0.2, 0) is 4.79 Å². The lowest BCUT2D eigenvalue weighted by atomic mass is 9.80. The van der Waals surface area contributed by atoms with Crippen molar-refractivity contribution in [3.8, 4) is 0 Å². The second kappa shape index (κ2) is 3.32. The predicted molar refractivity (Wildman–Crippen MR) is 52.2 cm³/mol. The summed E-state index contributed by atoms with van der Waals surface area (Å²) < 4.78 is 0. The molecule has 1 amide bonds. The van der Waals surface area contributed by atoms with E-state index in [1.807, 2.05) is 0 Å². The van der Waals surface area contributed by atoms with Crippen LogP contribution in [0.25, 0.3) is 0 Å². The topological polar surface area (TPSA) is 29.1 Å². The molecular formula is C11H19NO. The quantitative estimate of drug-likeness (QED) is 0.708. The lowest BCUT2D eigenvalue weighted by Crippen LogP contribution is -2.41. The van der Waals surface area contributed by atoms with Gasteiger partial charge in [0.25, 0.3) is 0 Å². The highest BCUT2D eigenvalue weighted by atomic mass is 16.2. The monoisotopic (exact) mass is 181 g/mol. The maximum atomic E-state index is 11.6. The van der Waals surface area contributed by atoms with Gasteiger partial charge in [0.15, 0.2) is 0 Å². The molecule has 0 radical (unpaired) electrons. The Morgan fingerprint density at radius 2 is 2.08 bits per heavy atom. The fourth-order valence-corrected chi connectivity index (χ4v) is 2.08. The third-order valence-electron chi connectivity index (χ3n) is 3.67. The molecular weight excluding hydrogens is 162 g/mol. The Bertz CT molecular complexity index is 210. The van der Waals surface area contributed by atoms with E-state index in [0.717, 1.165) is 12.3 Å². The number of amides is 1. The minimum Gasteiger partial charge on any atom is -0.353 e. The summed E-state index contributed by atoms with van der Waals surface area (Å²) in [4.78, 5) is 11.6. The summed E-state index contributed by atoms with van der Waals surface area (Å²) in [6.07, 6.45) is 5.07. The van der Waals surface area contributed by atoms with E-state index in [-0.39, 0.29) is 0 Å². The van der Waals surface area contributed by atoms with Crippen molar-refractivity contribution in [3.05, 3.63) is 0 Å². The largest absolute Gasteiger partial charge is 0.353 e. The molecule has 3 atom stereocenters. The zero-order valence-electron chi connectivity index (χ0n) is 8.55. The van der Waals surface area contributed by atoms with Crippen molar-refractivity contribution in [2.45, 2.75) is 45.6 Å². The molecule has 0 aromatic carbocycles. The van der Waals surface area contributed by atoms with Crippen LogP contribution >= 0.6 is 0 Å². The van der Waals surface area contributed by atoms with Gasteiger partial charge in [0.1, 0.15) is 0 Å². The molecule has 0 heterocycles. The van der Waals surface area contributed by atoms with Crippen LogP contribution in [0.3, 0.4) is 0 Å². The van der Waals surface area contributed by atoms with E-state index < -0.39 is 0 Å². The molecule has 0 aromatic rings. The van der Waals surface area contributed by atoms with Crippen LogP contribution in [0, 0.1) is 17.8 Å². The molecule has 0 bridgehead atoms. The van der Waals surface area contributed by atoms with Crippen molar-refractivity contribution in [2.75, 3.05) is 0 Å². The average molecular weight is 181 g/mol. The first-order chi connectivity index (χ1) is 6.18. The smallest absolute Gasteiger partial charge is 0.223 e. The molecule has 2 saturated carbocycles. The second-order valence-electron chi connectivity index (χ2n) is 4.81. The Morgan fingerprint density at radius 3 is 2.46 bits per heavy atom. The van der Waals surface area contributed by atoms with Gasteiger partial charge in [-0.15, -0.1) is 0 Å². The van der Waals surface area contributed by atoms with E-state index in [9.17, 15) is 4.79 Å². The Kier molecular flexibility index (Phi) is 2.31. The van der Waals surface area contributed by atoms with Crippen LogP contribution in [0.4, 0.5) is 0 Å². The van der Waals surface area contributed by atoms with E-state index in [1.165, 1.54) is 19.3 Å². The van der Waals surface area contributed by atoms with Gasteiger partial charge in [0.2, 0.25) is 5.91 Å². The van der Waals surface area contributed by atoms with E-state index in [1.54, 1.807) is 0 Å². The predicted octanol–water partition coefficient (Wildman–Crippen LogP) is 1.95. The number of hydrogen-bond acceptors (Lipinski definition) is 1. The minimum absolute atomic E-state index is 0.298. The van der Waals surface area contributed by atoms with Gasteiger partial charge < -0.3 is 5.32 Å². The summed E-state index contributed by atoms with van der Waals surface area (Å²) in [5, 5.41) is 3.14. The van der Waals surface area contributed by atoms with Gasteiger partial charge in [-0.2, -0.15) is 0 Å². The van der Waals surface area contributed by atoms with Gasteiger partial charge in [0, 0.05) is 12.0 Å². The molecule has 0 aromatic heterocycles. The summed E-state index contributed by atoms with van der Waals surface area (Å²) in [6.45, 7) is 4.30. The maximum Gasteiger partial charge on any atom is 0.223 e. The minimum atomic E-state index is 0.298. The summed E-state index contributed by atoms with van der Waals surface area (Å²) >= 11 is 0. The first-order valence-corrected chi connectivity index (χ1v) is 5.49. The Balaban J connectivity index is 1.73. The first-order valence-electron chi connectivity index (χ1n) is 5.49. The van der Waals surface area contributed by atoms with E-state index >= 15 is 0 Å². The van der Waals surface area contributed by atoms with Crippen molar-refractivity contribution >= 4 is 5.91 Å². The maximum absolute atomic E-state index is 11.6. The van der Waals surface area contributed by atoms with Gasteiger partial charge in [-0.05, 0) is 38.0 Å². The Labute approximate surface area is 80.1 Å². The van der Waals surface area contributed by atoms with E-state index in [0.29, 0.717) is 23.8 Å². The molecule has 2 aliphatic carbocycles. The molecule has 0 unspecified atom stereocenters. The normalized spacial score (nSPS) is 34.9. The number of hydrogen-bond donors (Lipinski definition) is 1. The van der Waals surface area contributed by atoms with Crippen molar-refractivity contribution < 1.29 is 4.79 Å². The first kappa shape index (κ1) is 9.04. The van der Waals surface area contributed by atoms with E-state index in [4.69, 9.17) is 0 Å². The second-order valence-corrected chi connectivity index (χ2v) is 4.81. The molecule has 2 heteroatoms. The summed E-state index contributed by atoms with van der Waals surface area (Å²) in [5.74, 6) is 2.03. The van der Waals surface area contributed by atoms with Crippen molar-refractivity contribution in [1.82, 2.24) is 5.32 Å². The Hall–Kier alpha value is -0.530. The summed E-state index contributed by atoms with van der Waals surface area (Å²) in [5.41, 5.74) is 0. The van der Waals surface area contributed by atoms with Crippen LogP contribution in [-0.4, -0.2) is 11.9 Å². The van der Waals surface area contributed by atoms with Gasteiger partial charge >= 0.3 is 0 Å². The molecule has 74 valence electrons. The van der Waals surface area contributed by atoms with Gasteiger partial charge in [0.05, 0.1) is 0 Å². The van der Waals surface area contributed by atoms with Crippen LogP contribution in [0.15, 0.2) is 0 Å².